The van der Waals surface area contributed by atoms with Gasteiger partial charge in [-0.1, -0.05) is 37.0 Å². The Bertz CT molecular complexity index is 1130. The molecule has 0 bridgehead atoms. The third-order valence-corrected chi connectivity index (χ3v) is 8.82. The second-order valence-electron chi connectivity index (χ2n) is 10.9. The number of benzene rings is 1. The fraction of sp³-hybridized carbons (Fsp3) is 0.600. The normalized spacial score (nSPS) is 29.7. The largest absolute Gasteiger partial charge is 0.482 e. The van der Waals surface area contributed by atoms with Crippen molar-refractivity contribution in [3.8, 4) is 11.8 Å². The fourth-order valence-corrected chi connectivity index (χ4v) is 6.46. The van der Waals surface area contributed by atoms with Gasteiger partial charge in [0.25, 0.3) is 5.91 Å². The number of fused-ring (bicyclic) bond motifs is 1. The highest BCUT2D eigenvalue weighted by atomic mass is 35.5. The van der Waals surface area contributed by atoms with Crippen molar-refractivity contribution in [1.29, 1.82) is 5.26 Å². The van der Waals surface area contributed by atoms with E-state index in [1.807, 2.05) is 0 Å². The number of ether oxygens (including phenoxy) is 1. The average Bonchev–Trinajstić information content (AvgIpc) is 3.51. The quantitative estimate of drug-likeness (QED) is 0.576. The molecule has 4 aliphatic rings. The highest BCUT2D eigenvalue weighted by Gasteiger charge is 2.69. The van der Waals surface area contributed by atoms with Crippen molar-refractivity contribution in [1.82, 2.24) is 15.5 Å². The number of nitriles is 1. The van der Waals surface area contributed by atoms with Gasteiger partial charge in [0.2, 0.25) is 11.8 Å². The molecule has 2 aliphatic heterocycles. The lowest BCUT2D eigenvalue weighted by molar-refractivity contribution is -0.142. The van der Waals surface area contributed by atoms with Gasteiger partial charge in [0.05, 0.1) is 11.1 Å². The van der Waals surface area contributed by atoms with Crippen LogP contribution >= 0.6 is 23.2 Å². The van der Waals surface area contributed by atoms with E-state index in [9.17, 15) is 19.6 Å². The monoisotopic (exact) mass is 518 g/mol. The Morgan fingerprint density at radius 1 is 1.34 bits per heavy atom. The van der Waals surface area contributed by atoms with Crippen molar-refractivity contribution in [3.05, 3.63) is 28.2 Å². The van der Waals surface area contributed by atoms with Gasteiger partial charge in [-0.15, -0.1) is 0 Å². The Morgan fingerprint density at radius 3 is 2.71 bits per heavy atom. The lowest BCUT2D eigenvalue weighted by Crippen LogP contribution is -2.53. The summed E-state index contributed by atoms with van der Waals surface area (Å²) in [5.41, 5.74) is -0.149. The molecule has 2 N–H and O–H groups in total. The summed E-state index contributed by atoms with van der Waals surface area (Å²) in [6, 6.07) is 5.40. The summed E-state index contributed by atoms with van der Waals surface area (Å²) >= 11 is 12.0. The number of rotatable bonds is 7. The van der Waals surface area contributed by atoms with Gasteiger partial charge in [0.1, 0.15) is 17.8 Å². The summed E-state index contributed by atoms with van der Waals surface area (Å²) in [7, 11) is 0. The molecule has 186 valence electrons. The van der Waals surface area contributed by atoms with E-state index in [0.717, 1.165) is 12.8 Å². The molecule has 2 heterocycles. The molecule has 1 spiro atoms. The minimum atomic E-state index is -0.797. The lowest BCUT2D eigenvalue weighted by Gasteiger charge is -2.30. The maximum absolute atomic E-state index is 13.4. The van der Waals surface area contributed by atoms with Crippen LogP contribution in [0.3, 0.4) is 0 Å². The third-order valence-electron chi connectivity index (χ3n) is 8.28. The molecule has 1 aromatic carbocycles. The van der Waals surface area contributed by atoms with Crippen LogP contribution in [-0.4, -0.2) is 53.4 Å². The van der Waals surface area contributed by atoms with Crippen LogP contribution in [0, 0.1) is 34.5 Å². The molecule has 5 atom stereocenters. The number of carbonyl (C=O) groups is 3. The molecule has 4 fully saturated rings. The molecule has 0 aromatic heterocycles. The van der Waals surface area contributed by atoms with Gasteiger partial charge in [-0.3, -0.25) is 14.4 Å². The van der Waals surface area contributed by atoms with Gasteiger partial charge < -0.3 is 20.3 Å². The summed E-state index contributed by atoms with van der Waals surface area (Å²) in [5, 5.41) is 16.3. The van der Waals surface area contributed by atoms with Gasteiger partial charge in [-0.25, -0.2) is 0 Å². The summed E-state index contributed by atoms with van der Waals surface area (Å²) in [4.78, 5) is 40.3. The Hall–Kier alpha value is -2.50. The van der Waals surface area contributed by atoms with Crippen LogP contribution in [0.4, 0.5) is 0 Å². The molecule has 5 rings (SSSR count). The van der Waals surface area contributed by atoms with E-state index in [1.54, 1.807) is 17.0 Å². The number of carbonyl (C=O) groups excluding carboxylic acids is 3. The maximum atomic E-state index is 13.4. The van der Waals surface area contributed by atoms with Gasteiger partial charge in [-0.2, -0.15) is 5.26 Å². The Morgan fingerprint density at radius 2 is 2.09 bits per heavy atom. The number of nitrogens with one attached hydrogen (secondary N) is 2. The SMILES string of the molecule is CC1(C)[C@@H]2C(C(=O)N[C@H](C#N)C[C@@H]3CC4(CC4)NC3=O)N(C(=O)COc3ccc(Cl)cc3Cl)C[C@@H]21. The Labute approximate surface area is 214 Å². The first kappa shape index (κ1) is 24.2. The van der Waals surface area contributed by atoms with Crippen LogP contribution in [0.15, 0.2) is 18.2 Å². The van der Waals surface area contributed by atoms with E-state index in [4.69, 9.17) is 27.9 Å². The average molecular weight is 519 g/mol. The van der Waals surface area contributed by atoms with Crippen LogP contribution in [0.1, 0.15) is 39.5 Å². The van der Waals surface area contributed by atoms with E-state index in [2.05, 4.69) is 30.6 Å². The fourth-order valence-electron chi connectivity index (χ4n) is 5.99. The molecule has 1 unspecified atom stereocenters. The van der Waals surface area contributed by atoms with Crippen LogP contribution < -0.4 is 15.4 Å². The zero-order valence-electron chi connectivity index (χ0n) is 19.6. The van der Waals surface area contributed by atoms with Crippen LogP contribution in [0.2, 0.25) is 10.0 Å². The molecular weight excluding hydrogens is 491 g/mol. The second-order valence-corrected chi connectivity index (χ2v) is 11.7. The summed E-state index contributed by atoms with van der Waals surface area (Å²) < 4.78 is 5.61. The minimum absolute atomic E-state index is 0.00873. The Kier molecular flexibility index (Phi) is 5.92. The first-order valence-corrected chi connectivity index (χ1v) is 12.7. The standard InChI is InChI=1S/C25H28Cl2N4O4/c1-24(2)16-11-31(19(32)12-35-18-4-3-14(26)8-17(18)27)21(20(16)24)23(34)29-15(10-28)7-13-9-25(5-6-25)30-22(13)33/h3-4,8,13,15-16,20-21H,5-7,9,11-12H2,1-2H3,(H,29,34)(H,30,33)/t13-,15+,16+,20+,21?/m1/s1. The maximum Gasteiger partial charge on any atom is 0.261 e. The van der Waals surface area contributed by atoms with E-state index < -0.39 is 12.1 Å². The molecule has 35 heavy (non-hydrogen) atoms. The molecule has 2 saturated carbocycles. The first-order chi connectivity index (χ1) is 16.5. The number of amides is 3. The molecule has 3 amide bonds. The van der Waals surface area contributed by atoms with E-state index in [1.165, 1.54) is 6.07 Å². The molecule has 0 radical (unpaired) electrons. The third kappa shape index (κ3) is 4.45. The van der Waals surface area contributed by atoms with E-state index >= 15 is 0 Å². The highest BCUT2D eigenvalue weighted by Crippen LogP contribution is 2.64. The predicted molar refractivity (Wildman–Crippen MR) is 129 cm³/mol. The van der Waals surface area contributed by atoms with Crippen molar-refractivity contribution >= 4 is 40.9 Å². The molecular formula is C25H28Cl2N4O4. The van der Waals surface area contributed by atoms with Crippen molar-refractivity contribution in [3.63, 3.8) is 0 Å². The number of halogens is 2. The second kappa shape index (κ2) is 8.56. The van der Waals surface area contributed by atoms with Crippen molar-refractivity contribution in [2.75, 3.05) is 13.2 Å². The Balaban J connectivity index is 1.24. The van der Waals surface area contributed by atoms with Gasteiger partial charge in [0.15, 0.2) is 6.61 Å². The first-order valence-electron chi connectivity index (χ1n) is 11.9. The van der Waals surface area contributed by atoms with E-state index in [0.29, 0.717) is 28.8 Å². The number of hydrogen-bond donors (Lipinski definition) is 2. The van der Waals surface area contributed by atoms with Gasteiger partial charge in [0, 0.05) is 23.0 Å². The van der Waals surface area contributed by atoms with Crippen molar-refractivity contribution < 1.29 is 19.1 Å². The van der Waals surface area contributed by atoms with Crippen LogP contribution in [0.25, 0.3) is 0 Å². The van der Waals surface area contributed by atoms with Crippen molar-refractivity contribution in [2.24, 2.45) is 23.2 Å². The zero-order chi connectivity index (χ0) is 25.1. The van der Waals surface area contributed by atoms with Gasteiger partial charge >= 0.3 is 0 Å². The highest BCUT2D eigenvalue weighted by molar-refractivity contribution is 6.35. The minimum Gasteiger partial charge on any atom is -0.482 e. The number of piperidine rings is 1. The predicted octanol–water partition coefficient (Wildman–Crippen LogP) is 2.92. The van der Waals surface area contributed by atoms with Crippen molar-refractivity contribution in [2.45, 2.75) is 57.2 Å². The lowest BCUT2D eigenvalue weighted by atomic mass is 9.95. The number of hydrogen-bond acceptors (Lipinski definition) is 5. The molecule has 2 saturated heterocycles. The van der Waals surface area contributed by atoms with Crippen LogP contribution in [-0.2, 0) is 14.4 Å². The molecule has 2 aliphatic carbocycles. The number of likely N-dealkylation sites (tertiary alicyclic amines) is 1. The summed E-state index contributed by atoms with van der Waals surface area (Å²) in [5.74, 6) is -0.456. The van der Waals surface area contributed by atoms with Gasteiger partial charge in [-0.05, 0) is 61.1 Å². The molecule has 8 nitrogen and oxygen atoms in total. The smallest absolute Gasteiger partial charge is 0.261 e. The molecule has 1 aromatic rings. The number of nitrogens with zero attached hydrogens (tertiary/aromatic N) is 2. The molecule has 10 heteroatoms. The zero-order valence-corrected chi connectivity index (χ0v) is 21.2. The van der Waals surface area contributed by atoms with Crippen LogP contribution in [0.5, 0.6) is 5.75 Å². The topological polar surface area (TPSA) is 112 Å². The summed E-state index contributed by atoms with van der Waals surface area (Å²) in [6.07, 6.45) is 2.92. The van der Waals surface area contributed by atoms with E-state index in [-0.39, 0.29) is 59.5 Å². The summed E-state index contributed by atoms with van der Waals surface area (Å²) in [6.45, 7) is 4.37.